The maximum atomic E-state index is 12.4. The topological polar surface area (TPSA) is 49.6 Å². The first-order valence-corrected chi connectivity index (χ1v) is 7.83. The van der Waals surface area contributed by atoms with Crippen molar-refractivity contribution in [1.82, 2.24) is 4.90 Å². The van der Waals surface area contributed by atoms with Crippen molar-refractivity contribution in [1.29, 1.82) is 0 Å². The molecule has 0 spiro atoms. The Morgan fingerprint density at radius 3 is 2.62 bits per heavy atom. The Labute approximate surface area is 127 Å². The number of anilines is 1. The molecule has 0 aliphatic carbocycles. The first-order chi connectivity index (χ1) is 10.0. The van der Waals surface area contributed by atoms with Gasteiger partial charge in [0.2, 0.25) is 5.91 Å². The monoisotopic (exact) mass is 289 g/mol. The third-order valence-corrected chi connectivity index (χ3v) is 4.42. The Kier molecular flexibility index (Phi) is 5.23. The van der Waals surface area contributed by atoms with Crippen LogP contribution in [0.4, 0.5) is 5.69 Å². The van der Waals surface area contributed by atoms with Crippen LogP contribution < -0.4 is 10.6 Å². The Bertz CT molecular complexity index is 460. The number of carbonyl (C=O) groups is 1. The van der Waals surface area contributed by atoms with E-state index in [0.29, 0.717) is 0 Å². The molecule has 116 valence electrons. The van der Waals surface area contributed by atoms with Crippen LogP contribution in [0.2, 0.25) is 0 Å². The van der Waals surface area contributed by atoms with E-state index >= 15 is 0 Å². The average molecular weight is 289 g/mol. The summed E-state index contributed by atoms with van der Waals surface area (Å²) < 4.78 is 0. The van der Waals surface area contributed by atoms with Crippen molar-refractivity contribution in [3.63, 3.8) is 0 Å². The van der Waals surface area contributed by atoms with E-state index in [4.69, 9.17) is 5.73 Å². The Morgan fingerprint density at radius 2 is 2.00 bits per heavy atom. The van der Waals surface area contributed by atoms with Crippen LogP contribution in [0.25, 0.3) is 0 Å². The molecular weight excluding hydrogens is 262 g/mol. The smallest absolute Gasteiger partial charge is 0.239 e. The number of benzene rings is 1. The second kappa shape index (κ2) is 6.94. The number of hydrogen-bond acceptors (Lipinski definition) is 3. The lowest BCUT2D eigenvalue weighted by molar-refractivity contribution is -0.134. The molecule has 0 saturated carbocycles. The van der Waals surface area contributed by atoms with E-state index in [2.05, 4.69) is 29.2 Å². The van der Waals surface area contributed by atoms with E-state index in [1.807, 2.05) is 31.9 Å². The molecule has 1 aromatic rings. The fourth-order valence-corrected chi connectivity index (χ4v) is 2.84. The van der Waals surface area contributed by atoms with E-state index in [-0.39, 0.29) is 17.9 Å². The lowest BCUT2D eigenvalue weighted by Crippen LogP contribution is -2.53. The quantitative estimate of drug-likeness (QED) is 0.923. The Morgan fingerprint density at radius 1 is 1.33 bits per heavy atom. The number of rotatable bonds is 4. The van der Waals surface area contributed by atoms with Crippen LogP contribution in [0.15, 0.2) is 30.3 Å². The van der Waals surface area contributed by atoms with Crippen molar-refractivity contribution in [2.45, 2.75) is 38.8 Å². The van der Waals surface area contributed by atoms with Gasteiger partial charge in [0.05, 0.1) is 6.04 Å². The van der Waals surface area contributed by atoms with Gasteiger partial charge in [0, 0.05) is 31.9 Å². The number of para-hydroxylation sites is 1. The molecule has 1 aliphatic rings. The molecule has 2 atom stereocenters. The highest BCUT2D eigenvalue weighted by atomic mass is 16.2. The molecule has 2 rings (SSSR count). The van der Waals surface area contributed by atoms with Gasteiger partial charge in [-0.3, -0.25) is 4.79 Å². The number of likely N-dealkylation sites (N-methyl/N-ethyl adjacent to an activating group) is 1. The van der Waals surface area contributed by atoms with Gasteiger partial charge in [0.1, 0.15) is 0 Å². The van der Waals surface area contributed by atoms with Gasteiger partial charge in [-0.25, -0.2) is 0 Å². The van der Waals surface area contributed by atoms with E-state index in [0.717, 1.165) is 25.9 Å². The summed E-state index contributed by atoms with van der Waals surface area (Å²) in [6.07, 6.45) is 2.16. The minimum absolute atomic E-state index is 0.0601. The molecule has 0 bridgehead atoms. The summed E-state index contributed by atoms with van der Waals surface area (Å²) in [5.41, 5.74) is 7.24. The zero-order valence-corrected chi connectivity index (χ0v) is 13.3. The van der Waals surface area contributed by atoms with Crippen molar-refractivity contribution >= 4 is 11.6 Å². The van der Waals surface area contributed by atoms with Crippen LogP contribution in [0, 0.1) is 5.92 Å². The maximum absolute atomic E-state index is 12.4. The Balaban J connectivity index is 2.02. The molecule has 0 aromatic heterocycles. The van der Waals surface area contributed by atoms with Crippen LogP contribution in [0.5, 0.6) is 0 Å². The second-order valence-corrected chi connectivity index (χ2v) is 6.30. The fourth-order valence-electron chi connectivity index (χ4n) is 2.84. The van der Waals surface area contributed by atoms with Gasteiger partial charge in [-0.2, -0.15) is 0 Å². The standard InChI is InChI=1S/C17H27N3O/c1-13(2)16(18)17(21)19(3)15-10-7-11-20(12-15)14-8-5-4-6-9-14/h4-6,8-9,13,15-16H,7,10-12,18H2,1-3H3/t15?,16-/m0/s1. The van der Waals surface area contributed by atoms with Gasteiger partial charge in [0.15, 0.2) is 0 Å². The van der Waals surface area contributed by atoms with E-state index in [1.54, 1.807) is 0 Å². The van der Waals surface area contributed by atoms with Gasteiger partial charge in [-0.15, -0.1) is 0 Å². The number of hydrogen-bond donors (Lipinski definition) is 1. The third kappa shape index (κ3) is 3.76. The summed E-state index contributed by atoms with van der Waals surface area (Å²) in [7, 11) is 1.89. The SMILES string of the molecule is CC(C)[C@H](N)C(=O)N(C)C1CCCN(c2ccccc2)C1. The average Bonchev–Trinajstić information content (AvgIpc) is 2.53. The van der Waals surface area contributed by atoms with Crippen molar-refractivity contribution in [2.24, 2.45) is 11.7 Å². The minimum Gasteiger partial charge on any atom is -0.369 e. The number of nitrogens with two attached hydrogens (primary N) is 1. The van der Waals surface area contributed by atoms with Gasteiger partial charge in [-0.05, 0) is 30.9 Å². The van der Waals surface area contributed by atoms with Gasteiger partial charge >= 0.3 is 0 Å². The summed E-state index contributed by atoms with van der Waals surface area (Å²) >= 11 is 0. The number of nitrogens with zero attached hydrogens (tertiary/aromatic N) is 2. The summed E-state index contributed by atoms with van der Waals surface area (Å²) in [5.74, 6) is 0.235. The van der Waals surface area contributed by atoms with Crippen LogP contribution in [-0.2, 0) is 4.79 Å². The Hall–Kier alpha value is -1.55. The second-order valence-electron chi connectivity index (χ2n) is 6.30. The molecule has 1 aromatic carbocycles. The number of carbonyl (C=O) groups excluding carboxylic acids is 1. The van der Waals surface area contributed by atoms with Crippen molar-refractivity contribution < 1.29 is 4.79 Å². The third-order valence-electron chi connectivity index (χ3n) is 4.42. The largest absolute Gasteiger partial charge is 0.369 e. The molecule has 1 unspecified atom stereocenters. The first-order valence-electron chi connectivity index (χ1n) is 7.83. The molecule has 4 nitrogen and oxygen atoms in total. The first kappa shape index (κ1) is 15.8. The van der Waals surface area contributed by atoms with Crippen LogP contribution in [0.1, 0.15) is 26.7 Å². The number of amides is 1. The number of piperidine rings is 1. The van der Waals surface area contributed by atoms with Crippen molar-refractivity contribution in [3.8, 4) is 0 Å². The summed E-state index contributed by atoms with van der Waals surface area (Å²) in [5, 5.41) is 0. The minimum atomic E-state index is -0.401. The van der Waals surface area contributed by atoms with Crippen molar-refractivity contribution in [3.05, 3.63) is 30.3 Å². The molecule has 1 heterocycles. The molecule has 4 heteroatoms. The van der Waals surface area contributed by atoms with E-state index in [1.165, 1.54) is 5.69 Å². The van der Waals surface area contributed by atoms with E-state index in [9.17, 15) is 4.79 Å². The predicted molar refractivity (Wildman–Crippen MR) is 87.3 cm³/mol. The predicted octanol–water partition coefficient (Wildman–Crippen LogP) is 2.10. The molecule has 2 N–H and O–H groups in total. The zero-order chi connectivity index (χ0) is 15.4. The summed E-state index contributed by atoms with van der Waals surface area (Å²) in [6.45, 7) is 5.93. The zero-order valence-electron chi connectivity index (χ0n) is 13.3. The summed E-state index contributed by atoms with van der Waals surface area (Å²) in [4.78, 5) is 16.6. The molecule has 1 aliphatic heterocycles. The molecule has 1 saturated heterocycles. The highest BCUT2D eigenvalue weighted by molar-refractivity contribution is 5.82. The van der Waals surface area contributed by atoms with Gasteiger partial charge in [0.25, 0.3) is 0 Å². The maximum Gasteiger partial charge on any atom is 0.239 e. The molecule has 1 amide bonds. The van der Waals surface area contributed by atoms with Crippen LogP contribution >= 0.6 is 0 Å². The molecular formula is C17H27N3O. The van der Waals surface area contributed by atoms with Gasteiger partial charge in [-0.1, -0.05) is 32.0 Å². The van der Waals surface area contributed by atoms with Crippen LogP contribution in [0.3, 0.4) is 0 Å². The molecule has 0 radical (unpaired) electrons. The molecule has 21 heavy (non-hydrogen) atoms. The van der Waals surface area contributed by atoms with E-state index < -0.39 is 6.04 Å². The fraction of sp³-hybridized carbons (Fsp3) is 0.588. The van der Waals surface area contributed by atoms with Crippen LogP contribution in [-0.4, -0.2) is 43.0 Å². The highest BCUT2D eigenvalue weighted by Gasteiger charge is 2.29. The summed E-state index contributed by atoms with van der Waals surface area (Å²) in [6, 6.07) is 10.2. The highest BCUT2D eigenvalue weighted by Crippen LogP contribution is 2.22. The van der Waals surface area contributed by atoms with Crippen molar-refractivity contribution in [2.75, 3.05) is 25.0 Å². The lowest BCUT2D eigenvalue weighted by atomic mass is 10.00. The molecule has 1 fully saturated rings. The van der Waals surface area contributed by atoms with Gasteiger partial charge < -0.3 is 15.5 Å². The normalized spacial score (nSPS) is 20.4. The lowest BCUT2D eigenvalue weighted by Gasteiger charge is -2.39.